The summed E-state index contributed by atoms with van der Waals surface area (Å²) in [5.41, 5.74) is 2.28. The van der Waals surface area contributed by atoms with Crippen LogP contribution in [0.4, 0.5) is 11.8 Å². The molecule has 0 aromatic carbocycles. The second kappa shape index (κ2) is 8.00. The number of nitrogens with zero attached hydrogens (tertiary/aromatic N) is 5. The number of carbonyl (C=O) groups is 1. The van der Waals surface area contributed by atoms with Gasteiger partial charge in [-0.3, -0.25) is 4.79 Å². The molecule has 0 bridgehead atoms. The molecule has 7 heteroatoms. The lowest BCUT2D eigenvalue weighted by molar-refractivity contribution is -0.133. The van der Waals surface area contributed by atoms with Crippen LogP contribution in [-0.4, -0.2) is 74.3 Å². The fraction of sp³-hybridized carbons (Fsp3) is 0.750. The third kappa shape index (κ3) is 4.89. The molecule has 1 aromatic rings. The molecular weight excluding hydrogens is 342 g/mol. The van der Waals surface area contributed by atoms with Crippen LogP contribution in [0.2, 0.25) is 0 Å². The van der Waals surface area contributed by atoms with Crippen molar-refractivity contribution in [3.63, 3.8) is 0 Å². The number of hydrogen-bond acceptors (Lipinski definition) is 6. The van der Waals surface area contributed by atoms with Gasteiger partial charge in [0.2, 0.25) is 11.9 Å². The van der Waals surface area contributed by atoms with E-state index in [1.54, 1.807) is 0 Å². The van der Waals surface area contributed by atoms with Crippen molar-refractivity contribution in [3.05, 3.63) is 11.3 Å². The first-order valence-corrected chi connectivity index (χ1v) is 9.92. The summed E-state index contributed by atoms with van der Waals surface area (Å²) in [6.07, 6.45) is 2.17. The van der Waals surface area contributed by atoms with Crippen molar-refractivity contribution in [1.82, 2.24) is 14.9 Å². The lowest BCUT2D eigenvalue weighted by Gasteiger charge is -2.28. The fourth-order valence-corrected chi connectivity index (χ4v) is 3.66. The molecule has 150 valence electrons. The van der Waals surface area contributed by atoms with Crippen LogP contribution in [-0.2, 0) is 22.4 Å². The van der Waals surface area contributed by atoms with E-state index >= 15 is 0 Å². The van der Waals surface area contributed by atoms with Gasteiger partial charge in [0.15, 0.2) is 0 Å². The summed E-state index contributed by atoms with van der Waals surface area (Å²) in [6.45, 7) is 10.9. The first-order valence-electron chi connectivity index (χ1n) is 9.92. The Morgan fingerprint density at radius 3 is 2.37 bits per heavy atom. The molecule has 0 saturated carbocycles. The number of aromatic nitrogens is 2. The van der Waals surface area contributed by atoms with Crippen molar-refractivity contribution in [3.8, 4) is 0 Å². The average Bonchev–Trinajstić information content (AvgIpc) is 2.82. The number of hydrogen-bond donors (Lipinski definition) is 0. The summed E-state index contributed by atoms with van der Waals surface area (Å²) >= 11 is 0. The Bertz CT molecular complexity index is 678. The average molecular weight is 376 g/mol. The van der Waals surface area contributed by atoms with Crippen molar-refractivity contribution >= 4 is 17.7 Å². The summed E-state index contributed by atoms with van der Waals surface area (Å²) in [5, 5.41) is 0. The van der Waals surface area contributed by atoms with Crippen molar-refractivity contribution < 1.29 is 9.53 Å². The minimum Gasteiger partial charge on any atom is -0.378 e. The zero-order chi connectivity index (χ0) is 19.6. The first kappa shape index (κ1) is 19.9. The van der Waals surface area contributed by atoms with Gasteiger partial charge in [0, 0.05) is 58.7 Å². The van der Waals surface area contributed by atoms with Crippen LogP contribution in [0.25, 0.3) is 0 Å². The lowest BCUT2D eigenvalue weighted by atomic mass is 9.91. The summed E-state index contributed by atoms with van der Waals surface area (Å²) in [4.78, 5) is 28.7. The fourth-order valence-electron chi connectivity index (χ4n) is 3.66. The minimum absolute atomic E-state index is 0.00828. The van der Waals surface area contributed by atoms with Gasteiger partial charge in [-0.15, -0.1) is 0 Å². The van der Waals surface area contributed by atoms with E-state index < -0.39 is 0 Å². The van der Waals surface area contributed by atoms with Crippen molar-refractivity contribution in [1.29, 1.82) is 0 Å². The van der Waals surface area contributed by atoms with E-state index in [0.717, 1.165) is 56.5 Å². The zero-order valence-corrected chi connectivity index (χ0v) is 17.4. The Morgan fingerprint density at radius 1 is 1.07 bits per heavy atom. The van der Waals surface area contributed by atoms with Crippen molar-refractivity contribution in [2.75, 3.05) is 63.3 Å². The molecule has 0 radical (unpaired) electrons. The van der Waals surface area contributed by atoms with E-state index in [-0.39, 0.29) is 11.3 Å². The number of fused-ring (bicyclic) bond motifs is 1. The molecule has 0 N–H and O–H groups in total. The molecule has 1 amide bonds. The standard InChI is InChI=1S/C20H33N5O2/c1-20(2,3)14-17(26)24-8-6-15-16(7-9-24)21-19(22-18(15)23(4)5)25-10-12-27-13-11-25/h6-14H2,1-5H3. The summed E-state index contributed by atoms with van der Waals surface area (Å²) in [6, 6.07) is 0. The molecule has 27 heavy (non-hydrogen) atoms. The number of amides is 1. The molecule has 0 aliphatic carbocycles. The third-order valence-electron chi connectivity index (χ3n) is 5.06. The summed E-state index contributed by atoms with van der Waals surface area (Å²) in [7, 11) is 4.05. The SMILES string of the molecule is CN(C)c1nc(N2CCOCC2)nc2c1CCN(C(=O)CC(C)(C)C)CC2. The largest absolute Gasteiger partial charge is 0.378 e. The van der Waals surface area contributed by atoms with Gasteiger partial charge in [0.25, 0.3) is 0 Å². The van der Waals surface area contributed by atoms with E-state index in [2.05, 4.69) is 30.6 Å². The van der Waals surface area contributed by atoms with Crippen LogP contribution in [0.15, 0.2) is 0 Å². The van der Waals surface area contributed by atoms with Gasteiger partial charge in [-0.2, -0.15) is 4.98 Å². The topological polar surface area (TPSA) is 61.8 Å². The van der Waals surface area contributed by atoms with Crippen LogP contribution in [0.1, 0.15) is 38.4 Å². The van der Waals surface area contributed by atoms with Gasteiger partial charge in [0.1, 0.15) is 5.82 Å². The Kier molecular flexibility index (Phi) is 5.89. The highest BCUT2D eigenvalue weighted by molar-refractivity contribution is 5.77. The van der Waals surface area contributed by atoms with E-state index in [1.807, 2.05) is 19.0 Å². The van der Waals surface area contributed by atoms with Crippen LogP contribution in [0, 0.1) is 5.41 Å². The molecular formula is C20H33N5O2. The molecule has 1 saturated heterocycles. The lowest BCUT2D eigenvalue weighted by Crippen LogP contribution is -2.38. The molecule has 2 aliphatic rings. The maximum Gasteiger partial charge on any atom is 0.227 e. The van der Waals surface area contributed by atoms with E-state index in [4.69, 9.17) is 14.7 Å². The van der Waals surface area contributed by atoms with Crippen LogP contribution >= 0.6 is 0 Å². The second-order valence-electron chi connectivity index (χ2n) is 8.88. The third-order valence-corrected chi connectivity index (χ3v) is 5.06. The summed E-state index contributed by atoms with van der Waals surface area (Å²) in [5.74, 6) is 2.00. The number of morpholine rings is 1. The van der Waals surface area contributed by atoms with Gasteiger partial charge >= 0.3 is 0 Å². The highest BCUT2D eigenvalue weighted by atomic mass is 16.5. The van der Waals surface area contributed by atoms with Gasteiger partial charge in [-0.1, -0.05) is 20.8 Å². The minimum atomic E-state index is 0.00828. The van der Waals surface area contributed by atoms with Crippen LogP contribution in [0.3, 0.4) is 0 Å². The Hall–Kier alpha value is -1.89. The quantitative estimate of drug-likeness (QED) is 0.802. The monoisotopic (exact) mass is 375 g/mol. The molecule has 1 fully saturated rings. The molecule has 3 heterocycles. The van der Waals surface area contributed by atoms with Gasteiger partial charge in [0.05, 0.1) is 18.9 Å². The predicted molar refractivity (Wildman–Crippen MR) is 107 cm³/mol. The Morgan fingerprint density at radius 2 is 1.74 bits per heavy atom. The van der Waals surface area contributed by atoms with Crippen molar-refractivity contribution in [2.45, 2.75) is 40.0 Å². The van der Waals surface area contributed by atoms with Gasteiger partial charge in [-0.25, -0.2) is 4.98 Å². The normalized spacial score (nSPS) is 18.1. The second-order valence-corrected chi connectivity index (χ2v) is 8.88. The number of carbonyl (C=O) groups excluding carboxylic acids is 1. The molecule has 2 aliphatic heterocycles. The molecule has 1 aromatic heterocycles. The van der Waals surface area contributed by atoms with E-state index in [9.17, 15) is 4.79 Å². The maximum absolute atomic E-state index is 12.7. The predicted octanol–water partition coefficient (Wildman–Crippen LogP) is 1.74. The first-order chi connectivity index (χ1) is 12.7. The van der Waals surface area contributed by atoms with E-state index in [1.165, 1.54) is 5.56 Å². The highest BCUT2D eigenvalue weighted by Gasteiger charge is 2.27. The van der Waals surface area contributed by atoms with Gasteiger partial charge < -0.3 is 19.4 Å². The smallest absolute Gasteiger partial charge is 0.227 e. The molecule has 0 spiro atoms. The van der Waals surface area contributed by atoms with Crippen molar-refractivity contribution in [2.24, 2.45) is 5.41 Å². The molecule has 3 rings (SSSR count). The molecule has 0 atom stereocenters. The summed E-state index contributed by atoms with van der Waals surface area (Å²) < 4.78 is 5.46. The maximum atomic E-state index is 12.7. The van der Waals surface area contributed by atoms with Crippen LogP contribution in [0.5, 0.6) is 0 Å². The molecule has 0 unspecified atom stereocenters. The number of rotatable bonds is 3. The zero-order valence-electron chi connectivity index (χ0n) is 17.4. The Labute approximate surface area is 162 Å². The van der Waals surface area contributed by atoms with Crippen LogP contribution < -0.4 is 9.80 Å². The highest BCUT2D eigenvalue weighted by Crippen LogP contribution is 2.27. The van der Waals surface area contributed by atoms with E-state index in [0.29, 0.717) is 19.6 Å². The van der Waals surface area contributed by atoms with Gasteiger partial charge in [-0.05, 0) is 11.8 Å². The Balaban J connectivity index is 1.83. The molecule has 7 nitrogen and oxygen atoms in total. The number of anilines is 2. The number of ether oxygens (including phenoxy) is 1.